The van der Waals surface area contributed by atoms with Gasteiger partial charge >= 0.3 is 5.97 Å². The van der Waals surface area contributed by atoms with Gasteiger partial charge in [0, 0.05) is 12.0 Å². The molecule has 1 aromatic rings. The van der Waals surface area contributed by atoms with Gasteiger partial charge in [0.25, 0.3) is 0 Å². The maximum atomic E-state index is 10.2. The summed E-state index contributed by atoms with van der Waals surface area (Å²) in [5.41, 5.74) is 0.856. The van der Waals surface area contributed by atoms with Crippen LogP contribution in [0.3, 0.4) is 0 Å². The molecule has 0 unspecified atom stereocenters. The summed E-state index contributed by atoms with van der Waals surface area (Å²) >= 11 is 3.21. The van der Waals surface area contributed by atoms with Gasteiger partial charge < -0.3 is 9.63 Å². The molecule has 0 fully saturated rings. The Labute approximate surface area is 77.7 Å². The number of carboxylic acids is 1. The number of nitrogens with zero attached hydrogens (tertiary/aromatic N) is 1. The lowest BCUT2D eigenvalue weighted by Crippen LogP contribution is -1.97. The predicted molar refractivity (Wildman–Crippen MR) is 45.1 cm³/mol. The van der Waals surface area contributed by atoms with Crippen molar-refractivity contribution in [3.05, 3.63) is 17.5 Å². The van der Waals surface area contributed by atoms with Crippen molar-refractivity contribution in [2.24, 2.45) is 0 Å². The Morgan fingerprint density at radius 1 is 1.75 bits per heavy atom. The van der Waals surface area contributed by atoms with Crippen LogP contribution in [0, 0.1) is 0 Å². The Balaban J connectivity index is 2.56. The van der Waals surface area contributed by atoms with Crippen LogP contribution in [0.1, 0.15) is 17.7 Å². The molecule has 0 saturated carbocycles. The van der Waals surface area contributed by atoms with E-state index in [4.69, 9.17) is 9.63 Å². The number of rotatable bonds is 4. The van der Waals surface area contributed by atoms with Gasteiger partial charge in [-0.05, 0) is 6.42 Å². The van der Waals surface area contributed by atoms with Crippen LogP contribution < -0.4 is 0 Å². The highest BCUT2D eigenvalue weighted by Crippen LogP contribution is 2.13. The second-order valence-electron chi connectivity index (χ2n) is 2.30. The van der Waals surface area contributed by atoms with E-state index in [0.29, 0.717) is 17.5 Å². The largest absolute Gasteiger partial charge is 0.481 e. The molecule has 1 heterocycles. The number of hydrogen-bond donors (Lipinski definition) is 1. The Hall–Kier alpha value is -0.840. The van der Waals surface area contributed by atoms with E-state index in [1.54, 1.807) is 6.20 Å². The number of carboxylic acid groups (broad SMARTS) is 1. The van der Waals surface area contributed by atoms with Crippen LogP contribution >= 0.6 is 15.9 Å². The molecular formula is C7H8BrNO3. The zero-order chi connectivity index (χ0) is 8.97. The van der Waals surface area contributed by atoms with Crippen molar-refractivity contribution in [3.8, 4) is 0 Å². The van der Waals surface area contributed by atoms with Gasteiger partial charge in [0.2, 0.25) is 0 Å². The zero-order valence-electron chi connectivity index (χ0n) is 6.29. The average molecular weight is 234 g/mol. The van der Waals surface area contributed by atoms with E-state index in [2.05, 4.69) is 21.1 Å². The van der Waals surface area contributed by atoms with E-state index in [-0.39, 0.29) is 6.42 Å². The third-order valence-electron chi connectivity index (χ3n) is 1.46. The minimum absolute atomic E-state index is 0.112. The Kier molecular flexibility index (Phi) is 3.28. The van der Waals surface area contributed by atoms with E-state index < -0.39 is 5.97 Å². The SMILES string of the molecule is O=C(O)CCc1cnoc1CBr. The fourth-order valence-corrected chi connectivity index (χ4v) is 1.30. The van der Waals surface area contributed by atoms with Crippen LogP contribution in [0.15, 0.2) is 10.7 Å². The molecule has 0 saturated heterocycles. The molecule has 0 bridgehead atoms. The molecule has 0 radical (unpaired) electrons. The number of alkyl halides is 1. The molecule has 5 heteroatoms. The maximum absolute atomic E-state index is 10.2. The van der Waals surface area contributed by atoms with E-state index in [9.17, 15) is 4.79 Å². The first kappa shape index (κ1) is 9.25. The fourth-order valence-electron chi connectivity index (χ4n) is 0.840. The monoisotopic (exact) mass is 233 g/mol. The average Bonchev–Trinajstić information content (AvgIpc) is 2.47. The molecule has 12 heavy (non-hydrogen) atoms. The van der Waals surface area contributed by atoms with Crippen molar-refractivity contribution in [1.82, 2.24) is 5.16 Å². The molecule has 0 aliphatic carbocycles. The quantitative estimate of drug-likeness (QED) is 0.803. The van der Waals surface area contributed by atoms with Crippen LogP contribution in [-0.2, 0) is 16.5 Å². The summed E-state index contributed by atoms with van der Waals surface area (Å²) in [4.78, 5) is 10.2. The molecule has 0 aromatic carbocycles. The van der Waals surface area contributed by atoms with Crippen molar-refractivity contribution in [2.75, 3.05) is 0 Å². The van der Waals surface area contributed by atoms with Crippen molar-refractivity contribution in [3.63, 3.8) is 0 Å². The van der Waals surface area contributed by atoms with Crippen molar-refractivity contribution in [1.29, 1.82) is 0 Å². The van der Waals surface area contributed by atoms with Crippen LogP contribution in [0.4, 0.5) is 0 Å². The zero-order valence-corrected chi connectivity index (χ0v) is 7.87. The lowest BCUT2D eigenvalue weighted by atomic mass is 10.1. The summed E-state index contributed by atoms with van der Waals surface area (Å²) in [5, 5.41) is 12.6. The highest BCUT2D eigenvalue weighted by molar-refractivity contribution is 9.08. The molecule has 4 nitrogen and oxygen atoms in total. The second kappa shape index (κ2) is 4.25. The van der Waals surface area contributed by atoms with E-state index in [1.807, 2.05) is 0 Å². The van der Waals surface area contributed by atoms with Crippen molar-refractivity contribution in [2.45, 2.75) is 18.2 Å². The smallest absolute Gasteiger partial charge is 0.303 e. The van der Waals surface area contributed by atoms with Crippen LogP contribution in [0.25, 0.3) is 0 Å². The number of halogens is 1. The summed E-state index contributed by atoms with van der Waals surface area (Å²) in [6.45, 7) is 0. The maximum Gasteiger partial charge on any atom is 0.303 e. The third-order valence-corrected chi connectivity index (χ3v) is 1.97. The van der Waals surface area contributed by atoms with Gasteiger partial charge in [-0.25, -0.2) is 0 Å². The van der Waals surface area contributed by atoms with E-state index in [1.165, 1.54) is 0 Å². The molecule has 66 valence electrons. The van der Waals surface area contributed by atoms with Gasteiger partial charge in [-0.15, -0.1) is 0 Å². The summed E-state index contributed by atoms with van der Waals surface area (Å²) < 4.78 is 4.86. The highest BCUT2D eigenvalue weighted by atomic mass is 79.9. The Bertz CT molecular complexity index is 271. The Morgan fingerprint density at radius 2 is 2.50 bits per heavy atom. The van der Waals surface area contributed by atoms with Gasteiger partial charge in [-0.3, -0.25) is 4.79 Å². The van der Waals surface area contributed by atoms with Crippen molar-refractivity contribution >= 4 is 21.9 Å². The summed E-state index contributed by atoms with van der Waals surface area (Å²) in [6.07, 6.45) is 2.14. The molecule has 0 amide bonds. The Morgan fingerprint density at radius 3 is 3.08 bits per heavy atom. The first-order valence-electron chi connectivity index (χ1n) is 3.44. The van der Waals surface area contributed by atoms with E-state index >= 15 is 0 Å². The molecule has 1 aromatic heterocycles. The van der Waals surface area contributed by atoms with Crippen molar-refractivity contribution < 1.29 is 14.4 Å². The molecule has 0 atom stereocenters. The fraction of sp³-hybridized carbons (Fsp3) is 0.429. The van der Waals surface area contributed by atoms with Gasteiger partial charge in [0.15, 0.2) is 0 Å². The van der Waals surface area contributed by atoms with Gasteiger partial charge in [-0.2, -0.15) is 0 Å². The van der Waals surface area contributed by atoms with Gasteiger partial charge in [0.1, 0.15) is 5.76 Å². The van der Waals surface area contributed by atoms with Gasteiger partial charge in [-0.1, -0.05) is 21.1 Å². The van der Waals surface area contributed by atoms with Crippen LogP contribution in [-0.4, -0.2) is 16.2 Å². The third kappa shape index (κ3) is 2.34. The topological polar surface area (TPSA) is 63.3 Å². The van der Waals surface area contributed by atoms with Gasteiger partial charge in [0.05, 0.1) is 11.5 Å². The molecule has 0 aliphatic heterocycles. The number of aliphatic carboxylic acids is 1. The molecule has 0 aliphatic rings. The molecule has 1 rings (SSSR count). The number of aryl methyl sites for hydroxylation is 1. The molecule has 1 N–H and O–H groups in total. The summed E-state index contributed by atoms with van der Waals surface area (Å²) in [6, 6.07) is 0. The number of aromatic nitrogens is 1. The van der Waals surface area contributed by atoms with E-state index in [0.717, 1.165) is 5.56 Å². The minimum Gasteiger partial charge on any atom is -0.481 e. The summed E-state index contributed by atoms with van der Waals surface area (Å²) in [5.74, 6) is -0.104. The second-order valence-corrected chi connectivity index (χ2v) is 2.86. The molecule has 0 spiro atoms. The predicted octanol–water partition coefficient (Wildman–Crippen LogP) is 1.59. The first-order valence-corrected chi connectivity index (χ1v) is 4.56. The summed E-state index contributed by atoms with van der Waals surface area (Å²) in [7, 11) is 0. The number of hydrogen-bond acceptors (Lipinski definition) is 3. The lowest BCUT2D eigenvalue weighted by Gasteiger charge is -1.93. The number of carbonyl (C=O) groups is 1. The standard InChI is InChI=1S/C7H8BrNO3/c8-3-6-5(4-9-12-6)1-2-7(10)11/h4H,1-3H2,(H,10,11). The normalized spacial score (nSPS) is 10.1. The lowest BCUT2D eigenvalue weighted by molar-refractivity contribution is -0.136. The highest BCUT2D eigenvalue weighted by Gasteiger charge is 2.07. The van der Waals surface area contributed by atoms with Crippen LogP contribution in [0.2, 0.25) is 0 Å². The van der Waals surface area contributed by atoms with Crippen LogP contribution in [0.5, 0.6) is 0 Å². The minimum atomic E-state index is -0.809. The molecular weight excluding hydrogens is 226 g/mol. The first-order chi connectivity index (χ1) is 5.74.